The van der Waals surface area contributed by atoms with Gasteiger partial charge in [0, 0.05) is 0 Å². The Morgan fingerprint density at radius 3 is 2.08 bits per heavy atom. The zero-order valence-corrected chi connectivity index (χ0v) is 11.5. The summed E-state index contributed by atoms with van der Waals surface area (Å²) < 4.78 is 0.956. The predicted octanol–water partition coefficient (Wildman–Crippen LogP) is 1.74. The van der Waals surface area contributed by atoms with E-state index in [1.165, 1.54) is 32.6 Å². The van der Waals surface area contributed by atoms with Crippen LogP contribution in [0.15, 0.2) is 0 Å². The van der Waals surface area contributed by atoms with Crippen LogP contribution in [-0.4, -0.2) is 56.9 Å². The van der Waals surface area contributed by atoms with Gasteiger partial charge in [-0.1, -0.05) is 0 Å². The topological polar surface area (TPSA) is 6.48 Å². The molecule has 2 nitrogen and oxygen atoms in total. The van der Waals surface area contributed by atoms with Gasteiger partial charge in [0.05, 0.1) is 0 Å². The Balaban J connectivity index is 2.41. The third kappa shape index (κ3) is 3.36. The quantitative estimate of drug-likeness (QED) is 0.445. The molecule has 1 atom stereocenters. The standard InChI is InChI=1S/C10H23IN2/c1-5-10(11(2)3)13-8-6-12(4)7-9-13/h10H,5-9H2,1-4H3. The summed E-state index contributed by atoms with van der Waals surface area (Å²) >= 11 is -0.634. The van der Waals surface area contributed by atoms with Crippen molar-refractivity contribution in [2.24, 2.45) is 0 Å². The van der Waals surface area contributed by atoms with Gasteiger partial charge in [-0.2, -0.15) is 0 Å². The summed E-state index contributed by atoms with van der Waals surface area (Å²) in [4.78, 5) is 10.2. The van der Waals surface area contributed by atoms with Gasteiger partial charge in [0.15, 0.2) is 0 Å². The fourth-order valence-electron chi connectivity index (χ4n) is 1.94. The first kappa shape index (κ1) is 11.7. The van der Waals surface area contributed by atoms with E-state index in [0.717, 1.165) is 4.05 Å². The molecule has 0 bridgehead atoms. The molecule has 0 aromatic rings. The zero-order chi connectivity index (χ0) is 9.84. The maximum absolute atomic E-state index is 2.73. The minimum absolute atomic E-state index is 0.634. The normalized spacial score (nSPS) is 24.5. The van der Waals surface area contributed by atoms with Crippen LogP contribution in [0.5, 0.6) is 0 Å². The number of piperazine rings is 1. The van der Waals surface area contributed by atoms with Crippen LogP contribution in [-0.2, 0) is 0 Å². The molecule has 3 heteroatoms. The van der Waals surface area contributed by atoms with Gasteiger partial charge in [-0.25, -0.2) is 0 Å². The third-order valence-corrected chi connectivity index (χ3v) is 7.32. The Hall–Kier alpha value is 0.650. The molecule has 1 fully saturated rings. The van der Waals surface area contributed by atoms with Crippen molar-refractivity contribution in [1.29, 1.82) is 0 Å². The van der Waals surface area contributed by atoms with E-state index in [1.54, 1.807) is 0 Å². The van der Waals surface area contributed by atoms with Gasteiger partial charge in [-0.05, 0) is 0 Å². The second-order valence-corrected chi connectivity index (χ2v) is 10.1. The molecule has 1 rings (SSSR count). The Bertz CT molecular complexity index is 142. The molecule has 1 heterocycles. The van der Waals surface area contributed by atoms with Gasteiger partial charge in [-0.15, -0.1) is 0 Å². The molecule has 0 radical (unpaired) electrons. The average Bonchev–Trinajstić information content (AvgIpc) is 2.09. The molecule has 0 saturated carbocycles. The molecule has 0 spiro atoms. The van der Waals surface area contributed by atoms with Crippen molar-refractivity contribution in [2.45, 2.75) is 17.4 Å². The van der Waals surface area contributed by atoms with E-state index in [0.29, 0.717) is 0 Å². The molecule has 0 aliphatic carbocycles. The first-order valence-corrected chi connectivity index (χ1v) is 10.6. The van der Waals surface area contributed by atoms with E-state index >= 15 is 0 Å². The molecule has 1 aliphatic rings. The summed E-state index contributed by atoms with van der Waals surface area (Å²) in [5, 5.41) is 0. The molecule has 80 valence electrons. The number of hydrogen-bond acceptors (Lipinski definition) is 2. The molecule has 0 amide bonds. The van der Waals surface area contributed by atoms with Crippen LogP contribution in [0.1, 0.15) is 13.3 Å². The van der Waals surface area contributed by atoms with Crippen molar-refractivity contribution in [3.05, 3.63) is 0 Å². The molecule has 1 aliphatic heterocycles. The van der Waals surface area contributed by atoms with Gasteiger partial charge in [0.1, 0.15) is 0 Å². The van der Waals surface area contributed by atoms with E-state index in [4.69, 9.17) is 0 Å². The number of rotatable bonds is 3. The number of likely N-dealkylation sites (N-methyl/N-ethyl adjacent to an activating group) is 1. The Morgan fingerprint density at radius 1 is 1.15 bits per heavy atom. The molecule has 0 aromatic carbocycles. The van der Waals surface area contributed by atoms with Crippen LogP contribution >= 0.6 is 19.8 Å². The van der Waals surface area contributed by atoms with E-state index in [9.17, 15) is 0 Å². The van der Waals surface area contributed by atoms with Crippen LogP contribution < -0.4 is 0 Å². The summed E-state index contributed by atoms with van der Waals surface area (Å²) in [5.74, 6) is 0. The van der Waals surface area contributed by atoms with E-state index in [1.807, 2.05) is 0 Å². The fourth-order valence-corrected chi connectivity index (χ4v) is 5.84. The number of alkyl halides is 3. The Morgan fingerprint density at radius 2 is 1.69 bits per heavy atom. The van der Waals surface area contributed by atoms with Crippen molar-refractivity contribution < 1.29 is 0 Å². The summed E-state index contributed by atoms with van der Waals surface area (Å²) in [6.07, 6.45) is 1.36. The molecular weight excluding hydrogens is 275 g/mol. The van der Waals surface area contributed by atoms with Crippen LogP contribution in [0.3, 0.4) is 0 Å². The van der Waals surface area contributed by atoms with Crippen LogP contribution in [0.4, 0.5) is 0 Å². The average molecular weight is 298 g/mol. The van der Waals surface area contributed by atoms with Gasteiger partial charge >= 0.3 is 90.1 Å². The summed E-state index contributed by atoms with van der Waals surface area (Å²) in [6.45, 7) is 7.47. The van der Waals surface area contributed by atoms with E-state index in [-0.39, 0.29) is 0 Å². The van der Waals surface area contributed by atoms with Gasteiger partial charge in [-0.3, -0.25) is 0 Å². The van der Waals surface area contributed by atoms with E-state index < -0.39 is 19.8 Å². The second kappa shape index (κ2) is 5.51. The zero-order valence-electron chi connectivity index (χ0n) is 9.39. The fraction of sp³-hybridized carbons (Fsp3) is 1.00. The summed E-state index contributed by atoms with van der Waals surface area (Å²) in [7, 11) is 2.23. The second-order valence-electron chi connectivity index (χ2n) is 4.00. The summed E-state index contributed by atoms with van der Waals surface area (Å²) in [6, 6.07) is 0. The van der Waals surface area contributed by atoms with Crippen LogP contribution in [0, 0.1) is 0 Å². The maximum atomic E-state index is 2.73. The molecule has 1 saturated heterocycles. The Labute approximate surface area is 90.0 Å². The number of hydrogen-bond donors (Lipinski definition) is 0. The van der Waals surface area contributed by atoms with Crippen molar-refractivity contribution in [3.63, 3.8) is 0 Å². The first-order valence-electron chi connectivity index (χ1n) is 5.06. The number of halogens is 1. The number of nitrogens with zero attached hydrogens (tertiary/aromatic N) is 2. The molecule has 13 heavy (non-hydrogen) atoms. The molecule has 0 N–H and O–H groups in total. The van der Waals surface area contributed by atoms with Gasteiger partial charge < -0.3 is 0 Å². The van der Waals surface area contributed by atoms with Crippen molar-refractivity contribution in [3.8, 4) is 0 Å². The van der Waals surface area contributed by atoms with Crippen molar-refractivity contribution >= 4 is 19.8 Å². The van der Waals surface area contributed by atoms with Crippen molar-refractivity contribution in [1.82, 2.24) is 9.80 Å². The molecule has 1 unspecified atom stereocenters. The predicted molar refractivity (Wildman–Crippen MR) is 69.0 cm³/mol. The summed E-state index contributed by atoms with van der Waals surface area (Å²) in [5.41, 5.74) is 0. The van der Waals surface area contributed by atoms with Gasteiger partial charge in [0.25, 0.3) is 0 Å². The van der Waals surface area contributed by atoms with Crippen LogP contribution in [0.2, 0.25) is 0 Å². The van der Waals surface area contributed by atoms with E-state index in [2.05, 4.69) is 33.6 Å². The molecular formula is C10H23IN2. The first-order chi connectivity index (χ1) is 6.15. The minimum atomic E-state index is -0.634. The monoisotopic (exact) mass is 298 g/mol. The third-order valence-electron chi connectivity index (χ3n) is 2.77. The van der Waals surface area contributed by atoms with Crippen molar-refractivity contribution in [2.75, 3.05) is 43.1 Å². The SMILES string of the molecule is CCC(N1CCN(C)CC1)I(C)C. The Kier molecular flexibility index (Phi) is 4.97. The van der Waals surface area contributed by atoms with Crippen LogP contribution in [0.25, 0.3) is 0 Å². The molecule has 0 aromatic heterocycles. The van der Waals surface area contributed by atoms with Gasteiger partial charge in [0.2, 0.25) is 0 Å².